The zero-order valence-corrected chi connectivity index (χ0v) is 14.7. The lowest BCUT2D eigenvalue weighted by Gasteiger charge is -2.10. The van der Waals surface area contributed by atoms with Gasteiger partial charge in [0.2, 0.25) is 0 Å². The normalized spacial score (nSPS) is 10.8. The van der Waals surface area contributed by atoms with E-state index in [0.29, 0.717) is 13.2 Å². The summed E-state index contributed by atoms with van der Waals surface area (Å²) in [5.74, 6) is 0.799. The van der Waals surface area contributed by atoms with Gasteiger partial charge in [0.15, 0.2) is 0 Å². The van der Waals surface area contributed by atoms with E-state index >= 15 is 0 Å². The number of hydrogen-bond donors (Lipinski definition) is 1. The predicted molar refractivity (Wildman–Crippen MR) is 86.7 cm³/mol. The Balaban J connectivity index is 2.15. The summed E-state index contributed by atoms with van der Waals surface area (Å²) in [6.07, 6.45) is 0.892. The van der Waals surface area contributed by atoms with E-state index in [0.717, 1.165) is 38.1 Å². The van der Waals surface area contributed by atoms with Crippen LogP contribution in [0, 0.1) is 0 Å². The van der Waals surface area contributed by atoms with Crippen LogP contribution >= 0.6 is 31.9 Å². The first kappa shape index (κ1) is 15.5. The molecule has 2 N–H and O–H groups in total. The summed E-state index contributed by atoms with van der Waals surface area (Å²) in [6.45, 7) is 3.07. The third-order valence-electron chi connectivity index (χ3n) is 3.10. The van der Waals surface area contributed by atoms with Crippen LogP contribution < -0.4 is 10.5 Å². The minimum atomic E-state index is 0.463. The fourth-order valence-corrected chi connectivity index (χ4v) is 3.18. The van der Waals surface area contributed by atoms with Crippen LogP contribution in [0.1, 0.15) is 23.9 Å². The summed E-state index contributed by atoms with van der Waals surface area (Å²) in [5, 5.41) is 4.45. The summed E-state index contributed by atoms with van der Waals surface area (Å²) >= 11 is 7.09. The summed E-state index contributed by atoms with van der Waals surface area (Å²) in [4.78, 5) is 0. The number of halogens is 2. The molecule has 0 aliphatic heterocycles. The molecule has 0 unspecified atom stereocenters. The van der Waals surface area contributed by atoms with E-state index in [-0.39, 0.29) is 0 Å². The van der Waals surface area contributed by atoms with E-state index in [4.69, 9.17) is 10.5 Å². The van der Waals surface area contributed by atoms with E-state index in [9.17, 15) is 0 Å². The number of nitrogens with zero attached hydrogens (tertiary/aromatic N) is 2. The van der Waals surface area contributed by atoms with Gasteiger partial charge in [-0.1, -0.05) is 13.0 Å². The maximum Gasteiger partial charge on any atom is 0.134 e. The smallest absolute Gasteiger partial charge is 0.134 e. The zero-order valence-electron chi connectivity index (χ0n) is 11.5. The first-order valence-electron chi connectivity index (χ1n) is 6.38. The molecule has 0 fully saturated rings. The van der Waals surface area contributed by atoms with Crippen LogP contribution in [0.15, 0.2) is 27.1 Å². The van der Waals surface area contributed by atoms with Crippen LogP contribution in [-0.4, -0.2) is 9.78 Å². The van der Waals surface area contributed by atoms with Gasteiger partial charge < -0.3 is 10.5 Å². The molecule has 0 aliphatic rings. The van der Waals surface area contributed by atoms with Gasteiger partial charge in [-0.2, -0.15) is 5.10 Å². The van der Waals surface area contributed by atoms with Gasteiger partial charge >= 0.3 is 0 Å². The van der Waals surface area contributed by atoms with Crippen molar-refractivity contribution in [3.63, 3.8) is 0 Å². The van der Waals surface area contributed by atoms with Crippen molar-refractivity contribution in [1.82, 2.24) is 9.78 Å². The van der Waals surface area contributed by atoms with Crippen molar-refractivity contribution in [3.8, 4) is 5.75 Å². The molecule has 0 saturated heterocycles. The van der Waals surface area contributed by atoms with Crippen LogP contribution in [0.3, 0.4) is 0 Å². The van der Waals surface area contributed by atoms with Crippen molar-refractivity contribution in [2.24, 2.45) is 12.8 Å². The number of rotatable bonds is 5. The quantitative estimate of drug-likeness (QED) is 0.831. The third kappa shape index (κ3) is 3.24. The molecule has 0 aliphatic carbocycles. The molecule has 4 nitrogen and oxygen atoms in total. The van der Waals surface area contributed by atoms with Crippen molar-refractivity contribution >= 4 is 31.9 Å². The number of aryl methyl sites for hydroxylation is 2. The third-order valence-corrected chi connectivity index (χ3v) is 4.63. The Bertz CT molecular complexity index is 611. The Labute approximate surface area is 135 Å². The Kier molecular flexibility index (Phi) is 5.23. The van der Waals surface area contributed by atoms with Gasteiger partial charge in [0.1, 0.15) is 12.4 Å². The second-order valence-corrected chi connectivity index (χ2v) is 6.09. The molecule has 6 heteroatoms. The van der Waals surface area contributed by atoms with Crippen LogP contribution in [0.2, 0.25) is 0 Å². The van der Waals surface area contributed by atoms with Crippen LogP contribution in [0.5, 0.6) is 5.75 Å². The summed E-state index contributed by atoms with van der Waals surface area (Å²) in [6, 6.07) is 5.87. The average Bonchev–Trinajstić information content (AvgIpc) is 2.72. The molecule has 2 aromatic rings. The molecule has 0 bridgehead atoms. The Hall–Kier alpha value is -0.850. The number of hydrogen-bond acceptors (Lipinski definition) is 3. The molecule has 108 valence electrons. The summed E-state index contributed by atoms with van der Waals surface area (Å²) < 4.78 is 9.65. The lowest BCUT2D eigenvalue weighted by molar-refractivity contribution is 0.292. The second-order valence-electron chi connectivity index (χ2n) is 4.44. The highest BCUT2D eigenvalue weighted by atomic mass is 79.9. The van der Waals surface area contributed by atoms with E-state index in [2.05, 4.69) is 43.9 Å². The topological polar surface area (TPSA) is 53.1 Å². The lowest BCUT2D eigenvalue weighted by Crippen LogP contribution is -2.04. The largest absolute Gasteiger partial charge is 0.486 e. The monoisotopic (exact) mass is 401 g/mol. The van der Waals surface area contributed by atoms with Gasteiger partial charge in [0.25, 0.3) is 0 Å². The zero-order chi connectivity index (χ0) is 14.7. The predicted octanol–water partition coefficient (Wildman–Crippen LogP) is 3.55. The molecule has 1 aromatic carbocycles. The second kappa shape index (κ2) is 6.74. The highest BCUT2D eigenvalue weighted by Gasteiger charge is 2.13. The van der Waals surface area contributed by atoms with Crippen molar-refractivity contribution < 1.29 is 4.74 Å². The molecule has 1 aromatic heterocycles. The SMILES string of the molecule is CCc1nn(C)c(COc2ccc(CN)cc2Br)c1Br. The van der Waals surface area contributed by atoms with Crippen LogP contribution in [-0.2, 0) is 26.6 Å². The van der Waals surface area contributed by atoms with Crippen molar-refractivity contribution in [3.05, 3.63) is 44.1 Å². The first-order valence-corrected chi connectivity index (χ1v) is 7.97. The Morgan fingerprint density at radius 2 is 2.10 bits per heavy atom. The van der Waals surface area contributed by atoms with Crippen molar-refractivity contribution in [1.29, 1.82) is 0 Å². The lowest BCUT2D eigenvalue weighted by atomic mass is 10.2. The maximum atomic E-state index is 5.86. The van der Waals surface area contributed by atoms with Crippen LogP contribution in [0.25, 0.3) is 0 Å². The molecule has 20 heavy (non-hydrogen) atoms. The summed E-state index contributed by atoms with van der Waals surface area (Å²) in [5.41, 5.74) is 8.75. The fraction of sp³-hybridized carbons (Fsp3) is 0.357. The fourth-order valence-electron chi connectivity index (χ4n) is 1.91. The summed E-state index contributed by atoms with van der Waals surface area (Å²) in [7, 11) is 1.93. The number of benzene rings is 1. The van der Waals surface area contributed by atoms with Gasteiger partial charge in [-0.25, -0.2) is 0 Å². The minimum Gasteiger partial charge on any atom is -0.486 e. The number of aromatic nitrogens is 2. The average molecular weight is 403 g/mol. The minimum absolute atomic E-state index is 0.463. The number of ether oxygens (including phenoxy) is 1. The highest BCUT2D eigenvalue weighted by Crippen LogP contribution is 2.28. The van der Waals surface area contributed by atoms with E-state index < -0.39 is 0 Å². The molecule has 0 saturated carbocycles. The van der Waals surface area contributed by atoms with Crippen LogP contribution in [0.4, 0.5) is 0 Å². The van der Waals surface area contributed by atoms with Gasteiger partial charge in [0, 0.05) is 13.6 Å². The van der Waals surface area contributed by atoms with Gasteiger partial charge in [-0.3, -0.25) is 4.68 Å². The van der Waals surface area contributed by atoms with E-state index in [1.54, 1.807) is 0 Å². The first-order chi connectivity index (χ1) is 9.56. The Morgan fingerprint density at radius 1 is 1.35 bits per heavy atom. The molecule has 0 radical (unpaired) electrons. The molecule has 0 spiro atoms. The van der Waals surface area contributed by atoms with Gasteiger partial charge in [-0.05, 0) is 56.0 Å². The van der Waals surface area contributed by atoms with Crippen molar-refractivity contribution in [2.45, 2.75) is 26.5 Å². The van der Waals surface area contributed by atoms with E-state index in [1.807, 2.05) is 29.9 Å². The number of nitrogens with two attached hydrogens (primary N) is 1. The molecule has 0 atom stereocenters. The maximum absolute atomic E-state index is 5.86. The molecule has 0 amide bonds. The van der Waals surface area contributed by atoms with Gasteiger partial charge in [0.05, 0.1) is 20.3 Å². The Morgan fingerprint density at radius 3 is 2.65 bits per heavy atom. The van der Waals surface area contributed by atoms with E-state index in [1.165, 1.54) is 0 Å². The molecular weight excluding hydrogens is 386 g/mol. The van der Waals surface area contributed by atoms with Gasteiger partial charge in [-0.15, -0.1) is 0 Å². The molecular formula is C14H17Br2N3O. The molecule has 1 heterocycles. The molecule has 2 rings (SSSR count). The highest BCUT2D eigenvalue weighted by molar-refractivity contribution is 9.10. The standard InChI is InChI=1S/C14H17Br2N3O/c1-3-11-14(16)12(19(2)18-11)8-20-13-5-4-9(7-17)6-10(13)15/h4-6H,3,7-8,17H2,1-2H3. The van der Waals surface area contributed by atoms with Crippen molar-refractivity contribution in [2.75, 3.05) is 0 Å².